The van der Waals surface area contributed by atoms with Gasteiger partial charge in [0.2, 0.25) is 5.91 Å². The smallest absolute Gasteiger partial charge is 0.248 e. The summed E-state index contributed by atoms with van der Waals surface area (Å²) in [5.74, 6) is 1.09. The highest BCUT2D eigenvalue weighted by Crippen LogP contribution is 2.29. The minimum absolute atomic E-state index is 0.0326. The second-order valence-electron chi connectivity index (χ2n) is 7.01. The van der Waals surface area contributed by atoms with Crippen LogP contribution in [0.2, 0.25) is 0 Å². The van der Waals surface area contributed by atoms with Gasteiger partial charge in [-0.05, 0) is 30.9 Å². The number of hydrogen-bond donors (Lipinski definition) is 0. The van der Waals surface area contributed by atoms with Crippen molar-refractivity contribution in [2.24, 2.45) is 0 Å². The van der Waals surface area contributed by atoms with E-state index < -0.39 is 0 Å². The Kier molecular flexibility index (Phi) is 4.56. The summed E-state index contributed by atoms with van der Waals surface area (Å²) in [5.41, 5.74) is 2.50. The molecule has 24 heavy (non-hydrogen) atoms. The Hall–Kier alpha value is -1.81. The highest BCUT2D eigenvalue weighted by molar-refractivity contribution is 5.78. The third-order valence-electron chi connectivity index (χ3n) is 5.39. The second kappa shape index (κ2) is 6.98. The SMILES string of the molecule is O=C1COC(COc2cccc3c2CC=C3)CN1C1CCCCC1. The molecule has 4 nitrogen and oxygen atoms in total. The van der Waals surface area contributed by atoms with E-state index >= 15 is 0 Å². The van der Waals surface area contributed by atoms with Gasteiger partial charge in [0.25, 0.3) is 0 Å². The zero-order valence-electron chi connectivity index (χ0n) is 14.1. The summed E-state index contributed by atoms with van der Waals surface area (Å²) >= 11 is 0. The van der Waals surface area contributed by atoms with Gasteiger partial charge in [0.05, 0.1) is 6.54 Å². The molecule has 1 atom stereocenters. The monoisotopic (exact) mass is 327 g/mol. The Morgan fingerprint density at radius 2 is 2.08 bits per heavy atom. The number of carbonyl (C=O) groups is 1. The molecule has 0 bridgehead atoms. The molecule has 1 unspecified atom stereocenters. The topological polar surface area (TPSA) is 38.8 Å². The van der Waals surface area contributed by atoms with Gasteiger partial charge < -0.3 is 14.4 Å². The van der Waals surface area contributed by atoms with Crippen molar-refractivity contribution in [3.8, 4) is 5.75 Å². The molecule has 0 spiro atoms. The molecular formula is C20H25NO3. The molecule has 1 saturated carbocycles. The first kappa shape index (κ1) is 15.7. The number of morpholine rings is 1. The predicted octanol–water partition coefficient (Wildman–Crippen LogP) is 3.19. The second-order valence-corrected chi connectivity index (χ2v) is 7.01. The van der Waals surface area contributed by atoms with Crippen LogP contribution in [0.15, 0.2) is 24.3 Å². The lowest BCUT2D eigenvalue weighted by atomic mass is 9.93. The number of hydrogen-bond acceptors (Lipinski definition) is 3. The molecule has 0 N–H and O–H groups in total. The van der Waals surface area contributed by atoms with Crippen LogP contribution in [0, 0.1) is 0 Å². The van der Waals surface area contributed by atoms with Crippen LogP contribution in [-0.4, -0.2) is 42.7 Å². The van der Waals surface area contributed by atoms with Crippen LogP contribution in [-0.2, 0) is 16.0 Å². The van der Waals surface area contributed by atoms with Crippen molar-refractivity contribution in [3.63, 3.8) is 0 Å². The Morgan fingerprint density at radius 1 is 1.21 bits per heavy atom. The lowest BCUT2D eigenvalue weighted by Crippen LogP contribution is -2.53. The summed E-state index contributed by atoms with van der Waals surface area (Å²) in [5, 5.41) is 0. The number of benzene rings is 1. The first-order valence-electron chi connectivity index (χ1n) is 9.13. The Labute approximate surface area is 143 Å². The van der Waals surface area contributed by atoms with E-state index in [0.29, 0.717) is 19.2 Å². The van der Waals surface area contributed by atoms with Gasteiger partial charge in [-0.25, -0.2) is 0 Å². The molecule has 4 rings (SSSR count). The number of fused-ring (bicyclic) bond motifs is 1. The Bertz CT molecular complexity index is 634. The molecule has 2 fully saturated rings. The van der Waals surface area contributed by atoms with E-state index in [2.05, 4.69) is 18.2 Å². The normalized spacial score (nSPS) is 24.2. The quantitative estimate of drug-likeness (QED) is 0.852. The first-order chi connectivity index (χ1) is 11.8. The van der Waals surface area contributed by atoms with Crippen LogP contribution in [0.1, 0.15) is 43.2 Å². The van der Waals surface area contributed by atoms with Crippen LogP contribution in [0.3, 0.4) is 0 Å². The van der Waals surface area contributed by atoms with E-state index in [1.807, 2.05) is 17.0 Å². The standard InChI is InChI=1S/C20H25NO3/c22-20-14-23-17(12-21(20)16-8-2-1-3-9-16)13-24-19-11-5-7-15-6-4-10-18(15)19/h4-7,11,16-17H,1-3,8-10,12-14H2. The van der Waals surface area contributed by atoms with Gasteiger partial charge in [-0.15, -0.1) is 0 Å². The number of ether oxygens (including phenoxy) is 2. The number of allylic oxidation sites excluding steroid dienone is 1. The maximum Gasteiger partial charge on any atom is 0.248 e. The fourth-order valence-corrected chi connectivity index (χ4v) is 4.07. The highest BCUT2D eigenvalue weighted by atomic mass is 16.5. The van der Waals surface area contributed by atoms with E-state index in [1.165, 1.54) is 30.4 Å². The predicted molar refractivity (Wildman–Crippen MR) is 93.0 cm³/mol. The number of nitrogens with zero attached hydrogens (tertiary/aromatic N) is 1. The van der Waals surface area contributed by atoms with Gasteiger partial charge in [-0.3, -0.25) is 4.79 Å². The number of carbonyl (C=O) groups excluding carboxylic acids is 1. The molecule has 4 heteroatoms. The van der Waals surface area contributed by atoms with Gasteiger partial charge in [0.1, 0.15) is 25.1 Å². The molecule has 1 aliphatic heterocycles. The molecule has 0 aromatic heterocycles. The van der Waals surface area contributed by atoms with E-state index in [4.69, 9.17) is 9.47 Å². The van der Waals surface area contributed by atoms with Crippen molar-refractivity contribution < 1.29 is 14.3 Å². The van der Waals surface area contributed by atoms with E-state index in [9.17, 15) is 4.79 Å². The number of rotatable bonds is 4. The fourth-order valence-electron chi connectivity index (χ4n) is 4.07. The van der Waals surface area contributed by atoms with E-state index in [0.717, 1.165) is 25.0 Å². The third-order valence-corrected chi connectivity index (χ3v) is 5.39. The molecule has 1 aromatic rings. The zero-order chi connectivity index (χ0) is 16.4. The number of amides is 1. The molecule has 1 amide bonds. The van der Waals surface area contributed by atoms with Crippen LogP contribution in [0.4, 0.5) is 0 Å². The van der Waals surface area contributed by atoms with Crippen molar-refractivity contribution in [1.82, 2.24) is 4.90 Å². The van der Waals surface area contributed by atoms with Crippen molar-refractivity contribution in [2.75, 3.05) is 19.8 Å². The molecule has 1 heterocycles. The van der Waals surface area contributed by atoms with Crippen molar-refractivity contribution in [2.45, 2.75) is 50.7 Å². The van der Waals surface area contributed by atoms with Crippen molar-refractivity contribution >= 4 is 12.0 Å². The average molecular weight is 327 g/mol. The lowest BCUT2D eigenvalue weighted by Gasteiger charge is -2.39. The molecule has 2 aliphatic carbocycles. The van der Waals surface area contributed by atoms with Crippen molar-refractivity contribution in [3.05, 3.63) is 35.4 Å². The first-order valence-corrected chi connectivity index (χ1v) is 9.13. The van der Waals surface area contributed by atoms with Crippen LogP contribution in [0.5, 0.6) is 5.75 Å². The lowest BCUT2D eigenvalue weighted by molar-refractivity contribution is -0.155. The minimum atomic E-state index is -0.0326. The molecule has 0 radical (unpaired) electrons. The van der Waals surface area contributed by atoms with Gasteiger partial charge in [0.15, 0.2) is 0 Å². The molecule has 3 aliphatic rings. The Balaban J connectivity index is 1.37. The zero-order valence-corrected chi connectivity index (χ0v) is 14.1. The average Bonchev–Trinajstić information content (AvgIpc) is 3.11. The van der Waals surface area contributed by atoms with Crippen LogP contribution in [0.25, 0.3) is 6.08 Å². The van der Waals surface area contributed by atoms with E-state index in [1.54, 1.807) is 0 Å². The van der Waals surface area contributed by atoms with Crippen LogP contribution >= 0.6 is 0 Å². The third kappa shape index (κ3) is 3.20. The largest absolute Gasteiger partial charge is 0.490 e. The molecule has 1 aromatic carbocycles. The van der Waals surface area contributed by atoms with Gasteiger partial charge in [-0.2, -0.15) is 0 Å². The van der Waals surface area contributed by atoms with Crippen LogP contribution < -0.4 is 4.74 Å². The summed E-state index contributed by atoms with van der Waals surface area (Å²) in [6.45, 7) is 1.36. The van der Waals surface area contributed by atoms with Gasteiger partial charge in [0, 0.05) is 11.6 Å². The van der Waals surface area contributed by atoms with Crippen molar-refractivity contribution in [1.29, 1.82) is 0 Å². The summed E-state index contributed by atoms with van der Waals surface area (Å²) in [4.78, 5) is 14.3. The molecule has 1 saturated heterocycles. The highest BCUT2D eigenvalue weighted by Gasteiger charge is 2.32. The van der Waals surface area contributed by atoms with Gasteiger partial charge >= 0.3 is 0 Å². The molecular weight excluding hydrogens is 302 g/mol. The van der Waals surface area contributed by atoms with Gasteiger partial charge in [-0.1, -0.05) is 43.5 Å². The summed E-state index contributed by atoms with van der Waals surface area (Å²) in [6, 6.07) is 6.58. The maximum absolute atomic E-state index is 12.2. The maximum atomic E-state index is 12.2. The summed E-state index contributed by atoms with van der Waals surface area (Å²) in [7, 11) is 0. The minimum Gasteiger partial charge on any atom is -0.490 e. The molecule has 128 valence electrons. The Morgan fingerprint density at radius 3 is 2.96 bits per heavy atom. The summed E-state index contributed by atoms with van der Waals surface area (Å²) < 4.78 is 11.8. The fraction of sp³-hybridized carbons (Fsp3) is 0.550. The summed E-state index contributed by atoms with van der Waals surface area (Å²) in [6.07, 6.45) is 11.3. The van der Waals surface area contributed by atoms with E-state index in [-0.39, 0.29) is 18.6 Å².